The summed E-state index contributed by atoms with van der Waals surface area (Å²) in [5.74, 6) is -0.942. The van der Waals surface area contributed by atoms with Gasteiger partial charge in [0.1, 0.15) is 13.2 Å². The zero-order valence-corrected chi connectivity index (χ0v) is 45.2. The Labute approximate surface area is 431 Å². The first kappa shape index (κ1) is 65.8. The second-order valence-corrected chi connectivity index (χ2v) is 18.4. The van der Waals surface area contributed by atoms with E-state index in [1.54, 1.807) is 0 Å². The first-order valence-electron chi connectivity index (χ1n) is 28.5. The standard InChI is InChI=1S/C64H104O6/c1-4-7-10-13-16-19-22-24-26-28-29-30-31-32-33-34-35-37-38-40-42-45-48-51-54-57-63(66)69-60-61(59-68-62(65)56-53-50-47-44-21-18-15-12-9-6-3)70-64(67)58-55-52-49-46-43-41-39-36-27-25-23-20-17-14-11-8-5-2/h7-8,10-11,16-17,19-20,24-27,29-30,32-33,35,37,40,42,61H,4-6,9,12-15,18,21-23,28,31,34,36,38-39,41,43-60H2,1-3H3/b10-7-,11-8-,19-16-,20-17-,26-24-,27-25-,30-29-,33-32-,37-35-,42-40-. The molecule has 0 saturated carbocycles. The quantitative estimate of drug-likeness (QED) is 0.0262. The van der Waals surface area contributed by atoms with Crippen LogP contribution in [0.5, 0.6) is 0 Å². The molecule has 0 aliphatic rings. The Hall–Kier alpha value is -4.19. The van der Waals surface area contributed by atoms with Crippen LogP contribution in [0.3, 0.4) is 0 Å². The smallest absolute Gasteiger partial charge is 0.306 e. The molecule has 0 aromatic rings. The van der Waals surface area contributed by atoms with Crippen molar-refractivity contribution in [3.05, 3.63) is 122 Å². The highest BCUT2D eigenvalue weighted by atomic mass is 16.6. The van der Waals surface area contributed by atoms with Crippen molar-refractivity contribution in [3.63, 3.8) is 0 Å². The van der Waals surface area contributed by atoms with Gasteiger partial charge in [-0.15, -0.1) is 0 Å². The monoisotopic (exact) mass is 969 g/mol. The van der Waals surface area contributed by atoms with E-state index < -0.39 is 6.10 Å². The Morgan fingerprint density at radius 1 is 0.300 bits per heavy atom. The molecule has 6 nitrogen and oxygen atoms in total. The molecule has 0 N–H and O–H groups in total. The van der Waals surface area contributed by atoms with Crippen LogP contribution in [0.2, 0.25) is 0 Å². The van der Waals surface area contributed by atoms with Gasteiger partial charge in [-0.05, 0) is 109 Å². The van der Waals surface area contributed by atoms with E-state index in [1.165, 1.54) is 70.6 Å². The van der Waals surface area contributed by atoms with Crippen molar-refractivity contribution in [2.24, 2.45) is 0 Å². The topological polar surface area (TPSA) is 78.9 Å². The van der Waals surface area contributed by atoms with Gasteiger partial charge >= 0.3 is 17.9 Å². The number of esters is 3. The Kier molecular flexibility index (Phi) is 54.0. The van der Waals surface area contributed by atoms with Crippen molar-refractivity contribution < 1.29 is 28.6 Å². The fourth-order valence-electron chi connectivity index (χ4n) is 7.49. The molecule has 0 aliphatic heterocycles. The number of hydrogen-bond acceptors (Lipinski definition) is 6. The van der Waals surface area contributed by atoms with Crippen molar-refractivity contribution >= 4 is 17.9 Å². The van der Waals surface area contributed by atoms with Crippen molar-refractivity contribution in [2.75, 3.05) is 13.2 Å². The van der Waals surface area contributed by atoms with Gasteiger partial charge in [-0.1, -0.05) is 239 Å². The van der Waals surface area contributed by atoms with Crippen LogP contribution in [0.15, 0.2) is 122 Å². The minimum absolute atomic E-state index is 0.0942. The predicted molar refractivity (Wildman–Crippen MR) is 302 cm³/mol. The molecule has 0 radical (unpaired) electrons. The average molecular weight is 970 g/mol. The van der Waals surface area contributed by atoms with Gasteiger partial charge in [0.2, 0.25) is 0 Å². The lowest BCUT2D eigenvalue weighted by molar-refractivity contribution is -0.167. The number of carbonyl (C=O) groups excluding carboxylic acids is 3. The van der Waals surface area contributed by atoms with E-state index >= 15 is 0 Å². The van der Waals surface area contributed by atoms with Crippen LogP contribution >= 0.6 is 0 Å². The summed E-state index contributed by atoms with van der Waals surface area (Å²) in [6.45, 7) is 6.36. The summed E-state index contributed by atoms with van der Waals surface area (Å²) >= 11 is 0. The molecule has 0 aromatic heterocycles. The lowest BCUT2D eigenvalue weighted by Crippen LogP contribution is -2.30. The zero-order valence-electron chi connectivity index (χ0n) is 45.2. The second kappa shape index (κ2) is 57.4. The molecule has 0 saturated heterocycles. The fraction of sp³-hybridized carbons (Fsp3) is 0.641. The van der Waals surface area contributed by atoms with Gasteiger partial charge in [0.05, 0.1) is 0 Å². The molecule has 0 heterocycles. The maximum atomic E-state index is 12.8. The van der Waals surface area contributed by atoms with Gasteiger partial charge in [-0.25, -0.2) is 0 Å². The minimum atomic E-state index is -0.799. The summed E-state index contributed by atoms with van der Waals surface area (Å²) in [4.78, 5) is 38.1. The third-order valence-electron chi connectivity index (χ3n) is 11.7. The van der Waals surface area contributed by atoms with Crippen molar-refractivity contribution in [1.29, 1.82) is 0 Å². The van der Waals surface area contributed by atoms with E-state index in [1.807, 2.05) is 0 Å². The maximum absolute atomic E-state index is 12.8. The van der Waals surface area contributed by atoms with Crippen LogP contribution in [-0.2, 0) is 28.6 Å². The Morgan fingerprint density at radius 3 is 0.886 bits per heavy atom. The van der Waals surface area contributed by atoms with E-state index in [9.17, 15) is 14.4 Å². The summed E-state index contributed by atoms with van der Waals surface area (Å²) in [5.41, 5.74) is 0. The van der Waals surface area contributed by atoms with Crippen LogP contribution in [0, 0.1) is 0 Å². The molecular weight excluding hydrogens is 865 g/mol. The van der Waals surface area contributed by atoms with Crippen LogP contribution in [-0.4, -0.2) is 37.2 Å². The molecule has 0 amide bonds. The maximum Gasteiger partial charge on any atom is 0.306 e. The highest BCUT2D eigenvalue weighted by Gasteiger charge is 2.19. The molecule has 0 aliphatic carbocycles. The Morgan fingerprint density at radius 2 is 0.557 bits per heavy atom. The summed E-state index contributed by atoms with van der Waals surface area (Å²) in [6.07, 6.45) is 79.0. The van der Waals surface area contributed by atoms with Gasteiger partial charge in [0.25, 0.3) is 0 Å². The van der Waals surface area contributed by atoms with E-state index in [0.29, 0.717) is 19.3 Å². The lowest BCUT2D eigenvalue weighted by atomic mass is 10.1. The molecule has 1 unspecified atom stereocenters. The molecular formula is C64H104O6. The molecule has 0 spiro atoms. The van der Waals surface area contributed by atoms with Crippen molar-refractivity contribution in [3.8, 4) is 0 Å². The van der Waals surface area contributed by atoms with Crippen molar-refractivity contribution in [2.45, 2.75) is 252 Å². The molecule has 0 rings (SSSR count). The molecule has 1 atom stereocenters. The summed E-state index contributed by atoms with van der Waals surface area (Å²) in [6, 6.07) is 0. The van der Waals surface area contributed by atoms with Crippen LogP contribution in [0.4, 0.5) is 0 Å². The number of unbranched alkanes of at least 4 members (excludes halogenated alkanes) is 19. The third kappa shape index (κ3) is 54.7. The zero-order chi connectivity index (χ0) is 50.7. The lowest BCUT2D eigenvalue weighted by Gasteiger charge is -2.18. The number of allylic oxidation sites excluding steroid dienone is 20. The molecule has 0 aromatic carbocycles. The average Bonchev–Trinajstić information content (AvgIpc) is 3.36. The summed E-state index contributed by atoms with van der Waals surface area (Å²) in [7, 11) is 0. The Bertz CT molecular complexity index is 1490. The molecule has 396 valence electrons. The fourth-order valence-corrected chi connectivity index (χ4v) is 7.49. The number of ether oxygens (including phenoxy) is 3. The van der Waals surface area contributed by atoms with Crippen LogP contribution in [0.1, 0.15) is 245 Å². The van der Waals surface area contributed by atoms with Crippen molar-refractivity contribution in [1.82, 2.24) is 0 Å². The third-order valence-corrected chi connectivity index (χ3v) is 11.7. The van der Waals surface area contributed by atoms with Gasteiger partial charge in [0.15, 0.2) is 6.10 Å². The van der Waals surface area contributed by atoms with Gasteiger partial charge in [0, 0.05) is 19.3 Å². The molecule has 0 fully saturated rings. The van der Waals surface area contributed by atoms with E-state index in [0.717, 1.165) is 135 Å². The summed E-state index contributed by atoms with van der Waals surface area (Å²) < 4.78 is 16.8. The van der Waals surface area contributed by atoms with E-state index in [-0.39, 0.29) is 31.1 Å². The van der Waals surface area contributed by atoms with E-state index in [4.69, 9.17) is 14.2 Å². The first-order chi connectivity index (χ1) is 34.5. The number of hydrogen-bond donors (Lipinski definition) is 0. The molecule has 6 heteroatoms. The van der Waals surface area contributed by atoms with Gasteiger partial charge in [-0.3, -0.25) is 14.4 Å². The normalized spacial score (nSPS) is 13.0. The number of carbonyl (C=O) groups is 3. The first-order valence-corrected chi connectivity index (χ1v) is 28.5. The second-order valence-electron chi connectivity index (χ2n) is 18.4. The molecule has 70 heavy (non-hydrogen) atoms. The van der Waals surface area contributed by atoms with Gasteiger partial charge in [-0.2, -0.15) is 0 Å². The van der Waals surface area contributed by atoms with E-state index in [2.05, 4.69) is 142 Å². The largest absolute Gasteiger partial charge is 0.462 e. The highest BCUT2D eigenvalue weighted by molar-refractivity contribution is 5.71. The SMILES string of the molecule is CC/C=C\C/C=C\C/C=C\C/C=C\C/C=C\C/C=C\C/C=C\CCCCCC(=O)OCC(COC(=O)CCCCCCCCCCCC)OC(=O)CCCCCCCCC/C=C\C/C=C\C/C=C\CC. The minimum Gasteiger partial charge on any atom is -0.462 e. The van der Waals surface area contributed by atoms with Crippen LogP contribution < -0.4 is 0 Å². The summed E-state index contributed by atoms with van der Waals surface area (Å²) in [5, 5.41) is 0. The number of rotatable bonds is 50. The predicted octanol–water partition coefficient (Wildman–Crippen LogP) is 19.3. The Balaban J connectivity index is 4.40. The highest BCUT2D eigenvalue weighted by Crippen LogP contribution is 2.14. The van der Waals surface area contributed by atoms with Crippen LogP contribution in [0.25, 0.3) is 0 Å². The molecule has 0 bridgehead atoms. The van der Waals surface area contributed by atoms with Gasteiger partial charge < -0.3 is 14.2 Å².